The molecule has 0 radical (unpaired) electrons. The van der Waals surface area contributed by atoms with Crippen LogP contribution in [0, 0.1) is 35.3 Å². The molecule has 0 atom stereocenters. The molecule has 0 fully saturated rings. The number of ketones is 1. The average Bonchev–Trinajstić information content (AvgIpc) is 2.82. The van der Waals surface area contributed by atoms with Gasteiger partial charge in [0.1, 0.15) is 17.4 Å². The van der Waals surface area contributed by atoms with E-state index in [2.05, 4.69) is 5.32 Å². The van der Waals surface area contributed by atoms with Crippen molar-refractivity contribution in [1.82, 2.24) is 0 Å². The van der Waals surface area contributed by atoms with Gasteiger partial charge in [0.15, 0.2) is 5.78 Å². The van der Waals surface area contributed by atoms with Crippen molar-refractivity contribution in [2.45, 2.75) is 20.8 Å². The molecule has 0 saturated heterocycles. The van der Waals surface area contributed by atoms with Gasteiger partial charge in [0.25, 0.3) is 11.6 Å². The lowest BCUT2D eigenvalue weighted by molar-refractivity contribution is -0.385. The van der Waals surface area contributed by atoms with Crippen molar-refractivity contribution in [3.8, 4) is 6.07 Å². The summed E-state index contributed by atoms with van der Waals surface area (Å²) in [5.74, 6) is -0.974. The highest BCUT2D eigenvalue weighted by Crippen LogP contribution is 2.28. The Balaban J connectivity index is 2.44. The van der Waals surface area contributed by atoms with Crippen molar-refractivity contribution in [3.63, 3.8) is 0 Å². The molecule has 1 amide bonds. The van der Waals surface area contributed by atoms with Crippen molar-refractivity contribution in [3.05, 3.63) is 56.3 Å². The number of hydrogen-bond acceptors (Lipinski definition) is 6. The molecule has 0 aliphatic rings. The first-order valence-electron chi connectivity index (χ1n) is 6.87. The molecule has 2 aromatic rings. The molecule has 0 unspecified atom stereocenters. The van der Waals surface area contributed by atoms with Gasteiger partial charge in [-0.3, -0.25) is 25.0 Å². The Morgan fingerprint density at radius 1 is 1.33 bits per heavy atom. The summed E-state index contributed by atoms with van der Waals surface area (Å²) in [6.07, 6.45) is 0. The molecule has 1 heterocycles. The highest BCUT2D eigenvalue weighted by atomic mass is 16.6. The Hall–Kier alpha value is -3.47. The van der Waals surface area contributed by atoms with Gasteiger partial charge in [0.05, 0.1) is 10.5 Å². The van der Waals surface area contributed by atoms with Gasteiger partial charge >= 0.3 is 0 Å². The van der Waals surface area contributed by atoms with Gasteiger partial charge in [-0.15, -0.1) is 0 Å². The minimum atomic E-state index is -0.670. The first-order chi connectivity index (χ1) is 11.3. The van der Waals surface area contributed by atoms with Crippen LogP contribution in [0.2, 0.25) is 0 Å². The van der Waals surface area contributed by atoms with Crippen molar-refractivity contribution in [2.75, 3.05) is 5.32 Å². The summed E-state index contributed by atoms with van der Waals surface area (Å²) in [5.41, 5.74) is 0.100. The van der Waals surface area contributed by atoms with Crippen LogP contribution in [0.4, 0.5) is 11.6 Å². The molecule has 8 nitrogen and oxygen atoms in total. The van der Waals surface area contributed by atoms with Crippen LogP contribution in [0.5, 0.6) is 0 Å². The topological polar surface area (TPSA) is 126 Å². The van der Waals surface area contributed by atoms with Crippen LogP contribution in [0.3, 0.4) is 0 Å². The zero-order valence-corrected chi connectivity index (χ0v) is 13.2. The van der Waals surface area contributed by atoms with Crippen LogP contribution in [-0.4, -0.2) is 16.6 Å². The molecule has 24 heavy (non-hydrogen) atoms. The normalized spacial score (nSPS) is 10.1. The lowest BCUT2D eigenvalue weighted by Crippen LogP contribution is -2.14. The smallest absolute Gasteiger partial charge is 0.273 e. The number of carbonyl (C=O) groups excluding carboxylic acids is 2. The minimum Gasteiger partial charge on any atom is -0.443 e. The second-order valence-electron chi connectivity index (χ2n) is 5.07. The fourth-order valence-electron chi connectivity index (χ4n) is 2.40. The summed E-state index contributed by atoms with van der Waals surface area (Å²) in [4.78, 5) is 34.3. The van der Waals surface area contributed by atoms with Gasteiger partial charge in [-0.25, -0.2) is 0 Å². The highest BCUT2D eigenvalue weighted by Gasteiger charge is 2.24. The van der Waals surface area contributed by atoms with Crippen LogP contribution in [-0.2, 0) is 0 Å². The highest BCUT2D eigenvalue weighted by molar-refractivity contribution is 6.07. The Labute approximate surface area is 136 Å². The van der Waals surface area contributed by atoms with Gasteiger partial charge in [0.2, 0.25) is 5.88 Å². The zero-order valence-electron chi connectivity index (χ0n) is 13.2. The quantitative estimate of drug-likeness (QED) is 0.522. The van der Waals surface area contributed by atoms with Crippen LogP contribution >= 0.6 is 0 Å². The number of rotatable bonds is 4. The van der Waals surface area contributed by atoms with Gasteiger partial charge < -0.3 is 4.42 Å². The van der Waals surface area contributed by atoms with Crippen LogP contribution < -0.4 is 5.32 Å². The lowest BCUT2D eigenvalue weighted by atomic mass is 10.1. The first kappa shape index (κ1) is 16.9. The average molecular weight is 327 g/mol. The summed E-state index contributed by atoms with van der Waals surface area (Å²) in [6.45, 7) is 4.24. The molecular formula is C16H13N3O5. The molecule has 0 spiro atoms. The largest absolute Gasteiger partial charge is 0.443 e. The number of anilines is 1. The Kier molecular flexibility index (Phi) is 4.46. The molecule has 2 rings (SSSR count). The van der Waals surface area contributed by atoms with Crippen LogP contribution in [0.25, 0.3) is 0 Å². The zero-order chi connectivity index (χ0) is 18.0. The molecule has 1 aromatic heterocycles. The Morgan fingerprint density at radius 3 is 2.54 bits per heavy atom. The van der Waals surface area contributed by atoms with E-state index in [1.807, 2.05) is 6.07 Å². The third-order valence-corrected chi connectivity index (χ3v) is 3.52. The van der Waals surface area contributed by atoms with E-state index in [9.17, 15) is 25.0 Å². The van der Waals surface area contributed by atoms with Crippen LogP contribution in [0.1, 0.15) is 44.5 Å². The molecule has 1 N–H and O–H groups in total. The van der Waals surface area contributed by atoms with E-state index in [0.29, 0.717) is 0 Å². The second kappa shape index (κ2) is 6.34. The van der Waals surface area contributed by atoms with Gasteiger partial charge in [-0.05, 0) is 26.8 Å². The third kappa shape index (κ3) is 2.87. The molecule has 0 aliphatic carbocycles. The predicted molar refractivity (Wildman–Crippen MR) is 84.0 cm³/mol. The van der Waals surface area contributed by atoms with E-state index in [4.69, 9.17) is 4.42 Å². The molecule has 0 saturated carbocycles. The maximum atomic E-state index is 12.4. The van der Waals surface area contributed by atoms with E-state index in [1.165, 1.54) is 39.0 Å². The molecule has 8 heteroatoms. The summed E-state index contributed by atoms with van der Waals surface area (Å²) in [7, 11) is 0. The number of hydrogen-bond donors (Lipinski definition) is 1. The first-order valence-corrected chi connectivity index (χ1v) is 6.87. The Bertz CT molecular complexity index is 905. The van der Waals surface area contributed by atoms with Crippen molar-refractivity contribution < 1.29 is 18.9 Å². The van der Waals surface area contributed by atoms with Gasteiger partial charge in [-0.2, -0.15) is 5.26 Å². The fraction of sp³-hybridized carbons (Fsp3) is 0.188. The lowest BCUT2D eigenvalue weighted by Gasteiger charge is -2.06. The van der Waals surface area contributed by atoms with E-state index in [-0.39, 0.29) is 45.4 Å². The number of nitriles is 1. The van der Waals surface area contributed by atoms with Crippen molar-refractivity contribution in [2.24, 2.45) is 0 Å². The second-order valence-corrected chi connectivity index (χ2v) is 5.07. The summed E-state index contributed by atoms with van der Waals surface area (Å²) in [5, 5.41) is 22.6. The Morgan fingerprint density at radius 2 is 2.00 bits per heavy atom. The van der Waals surface area contributed by atoms with Gasteiger partial charge in [0, 0.05) is 17.2 Å². The van der Waals surface area contributed by atoms with Crippen LogP contribution in [0.15, 0.2) is 22.6 Å². The maximum Gasteiger partial charge on any atom is 0.273 e. The van der Waals surface area contributed by atoms with E-state index in [1.54, 1.807) is 0 Å². The van der Waals surface area contributed by atoms with E-state index >= 15 is 0 Å². The van der Waals surface area contributed by atoms with Crippen molar-refractivity contribution in [1.29, 1.82) is 5.26 Å². The number of benzene rings is 1. The number of aryl methyl sites for hydroxylation is 1. The number of Topliss-reactive ketones (excluding diaryl/α,β-unsaturated/α-hetero) is 1. The predicted octanol–water partition coefficient (Wildman–Crippen LogP) is 3.13. The van der Waals surface area contributed by atoms with E-state index < -0.39 is 10.8 Å². The summed E-state index contributed by atoms with van der Waals surface area (Å²) < 4.78 is 5.30. The molecule has 122 valence electrons. The standard InChI is InChI=1S/C16H13N3O5/c1-8-11(5-4-6-13(8)19(22)23)15(21)18-16-12(7-17)14(9(2)20)10(3)24-16/h4-6H,1-3H3,(H,18,21). The molecule has 1 aromatic carbocycles. The minimum absolute atomic E-state index is 0.0727. The van der Waals surface area contributed by atoms with Crippen molar-refractivity contribution >= 4 is 23.3 Å². The molecule has 0 bridgehead atoms. The summed E-state index contributed by atoms with van der Waals surface area (Å²) >= 11 is 0. The van der Waals surface area contributed by atoms with E-state index in [0.717, 1.165) is 0 Å². The SMILES string of the molecule is CC(=O)c1c(C)oc(NC(=O)c2cccc([N+](=O)[O-])c2C)c1C#N. The van der Waals surface area contributed by atoms with Gasteiger partial charge in [-0.1, -0.05) is 6.07 Å². The number of nitrogens with zero attached hydrogens (tertiary/aromatic N) is 2. The third-order valence-electron chi connectivity index (χ3n) is 3.52. The monoisotopic (exact) mass is 327 g/mol. The number of carbonyl (C=O) groups is 2. The molecule has 0 aliphatic heterocycles. The fourth-order valence-corrected chi connectivity index (χ4v) is 2.40. The molecular weight excluding hydrogens is 314 g/mol. The number of nitro benzene ring substituents is 1. The number of nitro groups is 1. The number of amides is 1. The number of furan rings is 1. The number of nitrogens with one attached hydrogen (secondary N) is 1. The summed E-state index contributed by atoms with van der Waals surface area (Å²) in [6, 6.07) is 5.93. The maximum absolute atomic E-state index is 12.4.